The number of rotatable bonds is 3. The van der Waals surface area contributed by atoms with Crippen LogP contribution in [0.5, 0.6) is 0 Å². The number of pyridine rings is 1. The summed E-state index contributed by atoms with van der Waals surface area (Å²) in [4.78, 5) is 4.37. The van der Waals surface area contributed by atoms with Crippen LogP contribution in [0.2, 0.25) is 0 Å². The van der Waals surface area contributed by atoms with Gasteiger partial charge in [-0.2, -0.15) is 0 Å². The molecular weight excluding hydrogens is 262 g/mol. The van der Waals surface area contributed by atoms with Crippen LogP contribution in [-0.2, 0) is 9.84 Å². The topological polar surface area (TPSA) is 67.3 Å². The molecule has 1 N–H and O–H groups in total. The molecule has 1 atom stereocenters. The fourth-order valence-electron chi connectivity index (χ4n) is 1.73. The zero-order valence-corrected chi connectivity index (χ0v) is 11.6. The smallest absolute Gasteiger partial charge is 0.175 e. The SMILES string of the molecule is Cc1ccc(C(O)c2ccc(S(C)(=O)=O)cc2)cn1. The van der Waals surface area contributed by atoms with Crippen LogP contribution in [0.15, 0.2) is 47.5 Å². The molecule has 0 radical (unpaired) electrons. The Morgan fingerprint density at radius 2 is 1.63 bits per heavy atom. The van der Waals surface area contributed by atoms with Crippen molar-refractivity contribution in [2.24, 2.45) is 0 Å². The van der Waals surface area contributed by atoms with Crippen LogP contribution < -0.4 is 0 Å². The van der Waals surface area contributed by atoms with Crippen LogP contribution in [0, 0.1) is 6.92 Å². The van der Waals surface area contributed by atoms with Crippen LogP contribution in [0.1, 0.15) is 22.9 Å². The molecule has 2 aromatic rings. The highest BCUT2D eigenvalue weighted by Crippen LogP contribution is 2.22. The third kappa shape index (κ3) is 3.19. The number of nitrogens with zero attached hydrogens (tertiary/aromatic N) is 1. The summed E-state index contributed by atoms with van der Waals surface area (Å²) in [6.07, 6.45) is 1.97. The predicted molar refractivity (Wildman–Crippen MR) is 72.6 cm³/mol. The van der Waals surface area contributed by atoms with Crippen LogP contribution in [-0.4, -0.2) is 24.8 Å². The highest BCUT2D eigenvalue weighted by atomic mass is 32.2. The lowest BCUT2D eigenvalue weighted by Crippen LogP contribution is -2.02. The summed E-state index contributed by atoms with van der Waals surface area (Å²) in [6.45, 7) is 1.87. The molecule has 5 heteroatoms. The van der Waals surface area contributed by atoms with Gasteiger partial charge >= 0.3 is 0 Å². The maximum atomic E-state index is 11.3. The van der Waals surface area contributed by atoms with E-state index in [0.29, 0.717) is 11.1 Å². The highest BCUT2D eigenvalue weighted by Gasteiger charge is 2.12. The number of aliphatic hydroxyl groups is 1. The maximum absolute atomic E-state index is 11.3. The van der Waals surface area contributed by atoms with E-state index >= 15 is 0 Å². The number of aromatic nitrogens is 1. The number of benzene rings is 1. The monoisotopic (exact) mass is 277 g/mol. The first-order chi connectivity index (χ1) is 8.88. The summed E-state index contributed by atoms with van der Waals surface area (Å²) in [5, 5.41) is 10.2. The van der Waals surface area contributed by atoms with Crippen molar-refractivity contribution in [2.45, 2.75) is 17.9 Å². The molecule has 1 heterocycles. The Morgan fingerprint density at radius 1 is 1.05 bits per heavy atom. The van der Waals surface area contributed by atoms with Crippen molar-refractivity contribution in [3.8, 4) is 0 Å². The Balaban J connectivity index is 2.30. The minimum atomic E-state index is -3.21. The normalized spacial score (nSPS) is 13.2. The molecule has 0 fully saturated rings. The quantitative estimate of drug-likeness (QED) is 0.930. The molecule has 100 valence electrons. The molecule has 2 rings (SSSR count). The average molecular weight is 277 g/mol. The van der Waals surface area contributed by atoms with E-state index in [0.717, 1.165) is 11.9 Å². The summed E-state index contributed by atoms with van der Waals surface area (Å²) in [5.74, 6) is 0. The minimum Gasteiger partial charge on any atom is -0.384 e. The van der Waals surface area contributed by atoms with Gasteiger partial charge < -0.3 is 5.11 Å². The van der Waals surface area contributed by atoms with Crippen molar-refractivity contribution >= 4 is 9.84 Å². The molecular formula is C14H15NO3S. The molecule has 0 spiro atoms. The van der Waals surface area contributed by atoms with Crippen molar-refractivity contribution < 1.29 is 13.5 Å². The molecule has 1 unspecified atom stereocenters. The Labute approximate surface area is 112 Å². The lowest BCUT2D eigenvalue weighted by molar-refractivity contribution is 0.220. The van der Waals surface area contributed by atoms with Gasteiger partial charge in [-0.1, -0.05) is 18.2 Å². The molecule has 0 aliphatic heterocycles. The molecule has 19 heavy (non-hydrogen) atoms. The average Bonchev–Trinajstić information content (AvgIpc) is 2.38. The predicted octanol–water partition coefficient (Wildman–Crippen LogP) is 1.88. The van der Waals surface area contributed by atoms with E-state index in [4.69, 9.17) is 0 Å². The van der Waals surface area contributed by atoms with Gasteiger partial charge in [-0.25, -0.2) is 8.42 Å². The van der Waals surface area contributed by atoms with Gasteiger partial charge in [0.2, 0.25) is 0 Å². The number of aliphatic hydroxyl groups excluding tert-OH is 1. The van der Waals surface area contributed by atoms with E-state index in [1.54, 1.807) is 24.4 Å². The van der Waals surface area contributed by atoms with E-state index in [1.165, 1.54) is 12.1 Å². The van der Waals surface area contributed by atoms with E-state index in [-0.39, 0.29) is 4.90 Å². The van der Waals surface area contributed by atoms with Gasteiger partial charge in [-0.05, 0) is 30.7 Å². The zero-order chi connectivity index (χ0) is 14.0. The Morgan fingerprint density at radius 3 is 2.11 bits per heavy atom. The van der Waals surface area contributed by atoms with Gasteiger partial charge in [0.25, 0.3) is 0 Å². The Hall–Kier alpha value is -1.72. The third-order valence-corrected chi connectivity index (χ3v) is 4.00. The highest BCUT2D eigenvalue weighted by molar-refractivity contribution is 7.90. The number of aryl methyl sites for hydroxylation is 1. The van der Waals surface area contributed by atoms with E-state index in [9.17, 15) is 13.5 Å². The van der Waals surface area contributed by atoms with E-state index in [1.807, 2.05) is 13.0 Å². The zero-order valence-electron chi connectivity index (χ0n) is 10.7. The molecule has 0 saturated carbocycles. The van der Waals surface area contributed by atoms with Crippen molar-refractivity contribution in [3.63, 3.8) is 0 Å². The van der Waals surface area contributed by atoms with Crippen molar-refractivity contribution in [1.29, 1.82) is 0 Å². The molecule has 0 aliphatic carbocycles. The largest absolute Gasteiger partial charge is 0.384 e. The van der Waals surface area contributed by atoms with Gasteiger partial charge in [-0.3, -0.25) is 4.98 Å². The molecule has 0 bridgehead atoms. The number of hydrogen-bond acceptors (Lipinski definition) is 4. The first kappa shape index (κ1) is 13.7. The van der Waals surface area contributed by atoms with E-state index < -0.39 is 15.9 Å². The summed E-state index contributed by atoms with van der Waals surface area (Å²) in [5.41, 5.74) is 2.19. The van der Waals surface area contributed by atoms with Gasteiger partial charge in [-0.15, -0.1) is 0 Å². The van der Waals surface area contributed by atoms with E-state index in [2.05, 4.69) is 4.98 Å². The first-order valence-corrected chi connectivity index (χ1v) is 7.68. The maximum Gasteiger partial charge on any atom is 0.175 e. The lowest BCUT2D eigenvalue weighted by atomic mass is 10.0. The molecule has 0 aliphatic rings. The van der Waals surface area contributed by atoms with Crippen LogP contribution >= 0.6 is 0 Å². The lowest BCUT2D eigenvalue weighted by Gasteiger charge is -2.11. The minimum absolute atomic E-state index is 0.241. The molecule has 1 aromatic heterocycles. The Kier molecular flexibility index (Phi) is 3.68. The fourth-order valence-corrected chi connectivity index (χ4v) is 2.36. The second-order valence-corrected chi connectivity index (χ2v) is 6.49. The van der Waals surface area contributed by atoms with Gasteiger partial charge in [0.05, 0.1) is 4.90 Å². The summed E-state index contributed by atoms with van der Waals surface area (Å²) in [7, 11) is -3.21. The summed E-state index contributed by atoms with van der Waals surface area (Å²) >= 11 is 0. The standard InChI is InChI=1S/C14H15NO3S/c1-10-3-4-12(9-15-10)14(16)11-5-7-13(8-6-11)19(2,17)18/h3-9,14,16H,1-2H3. The van der Waals surface area contributed by atoms with Gasteiger partial charge in [0.15, 0.2) is 9.84 Å². The Bertz CT molecular complexity index is 661. The van der Waals surface area contributed by atoms with Crippen molar-refractivity contribution in [2.75, 3.05) is 6.26 Å². The molecule has 4 nitrogen and oxygen atoms in total. The van der Waals surface area contributed by atoms with Gasteiger partial charge in [0.1, 0.15) is 6.10 Å². The third-order valence-electron chi connectivity index (χ3n) is 2.87. The van der Waals surface area contributed by atoms with Crippen molar-refractivity contribution in [3.05, 3.63) is 59.4 Å². The number of hydrogen-bond donors (Lipinski definition) is 1. The molecule has 1 aromatic carbocycles. The van der Waals surface area contributed by atoms with Crippen LogP contribution in [0.4, 0.5) is 0 Å². The second kappa shape index (κ2) is 5.11. The number of sulfone groups is 1. The first-order valence-electron chi connectivity index (χ1n) is 5.78. The second-order valence-electron chi connectivity index (χ2n) is 4.48. The van der Waals surface area contributed by atoms with Crippen molar-refractivity contribution in [1.82, 2.24) is 4.98 Å². The van der Waals surface area contributed by atoms with Crippen LogP contribution in [0.3, 0.4) is 0 Å². The molecule has 0 amide bonds. The van der Waals surface area contributed by atoms with Crippen LogP contribution in [0.25, 0.3) is 0 Å². The fraction of sp³-hybridized carbons (Fsp3) is 0.214. The molecule has 0 saturated heterocycles. The summed E-state index contributed by atoms with van der Waals surface area (Å²) < 4.78 is 22.7. The summed E-state index contributed by atoms with van der Waals surface area (Å²) in [6, 6.07) is 9.84. The van der Waals surface area contributed by atoms with Gasteiger partial charge in [0, 0.05) is 23.7 Å².